The number of hydrogen-bond acceptors (Lipinski definition) is 1. The van der Waals surface area contributed by atoms with Crippen molar-refractivity contribution >= 4 is 5.91 Å². The van der Waals surface area contributed by atoms with Gasteiger partial charge in [-0.25, -0.2) is 0 Å². The number of likely N-dealkylation sites (N-methyl/N-ethyl adjacent to an activating group) is 1. The molecule has 3 heteroatoms. The molecule has 0 atom stereocenters. The summed E-state index contributed by atoms with van der Waals surface area (Å²) < 4.78 is 1.15. The first kappa shape index (κ1) is 27.4. The molecule has 0 bridgehead atoms. The van der Waals surface area contributed by atoms with Crippen LogP contribution in [0.4, 0.5) is 0 Å². The summed E-state index contributed by atoms with van der Waals surface area (Å²) in [5.74, 6) is 0.205. The van der Waals surface area contributed by atoms with E-state index in [4.69, 9.17) is 0 Å². The van der Waals surface area contributed by atoms with Gasteiger partial charge in [0.2, 0.25) is 5.91 Å². The Kier molecular flexibility index (Phi) is 12.8. The van der Waals surface area contributed by atoms with E-state index >= 15 is 0 Å². The largest absolute Gasteiger partial charge is 0.328 e. The molecule has 0 spiro atoms. The first-order valence-electron chi connectivity index (χ1n) is 12.5. The Hall–Kier alpha value is -1.61. The fraction of sp³-hybridized carbons (Fsp3) is 0.679. The Morgan fingerprint density at radius 2 is 1.19 bits per heavy atom. The third kappa shape index (κ3) is 11.0. The summed E-state index contributed by atoms with van der Waals surface area (Å²) in [6, 6.07) is 0. The lowest BCUT2D eigenvalue weighted by molar-refractivity contribution is -0.928. The van der Waals surface area contributed by atoms with Gasteiger partial charge in [-0.2, -0.15) is 0 Å². The second-order valence-corrected chi connectivity index (χ2v) is 9.74. The van der Waals surface area contributed by atoms with Crippen LogP contribution in [0.1, 0.15) is 87.0 Å². The molecular weight excluding hydrogens is 380 g/mol. The van der Waals surface area contributed by atoms with Gasteiger partial charge < -0.3 is 9.38 Å². The zero-order valence-electron chi connectivity index (χ0n) is 21.6. The number of allylic oxidation sites excluding steroid dienone is 7. The van der Waals surface area contributed by atoms with Gasteiger partial charge in [0.15, 0.2) is 0 Å². The molecule has 1 fully saturated rings. The minimum atomic E-state index is 0.205. The van der Waals surface area contributed by atoms with Crippen molar-refractivity contribution in [3.63, 3.8) is 0 Å². The second kappa shape index (κ2) is 14.5. The highest BCUT2D eigenvalue weighted by Gasteiger charge is 2.30. The number of amides is 1. The van der Waals surface area contributed by atoms with Gasteiger partial charge in [-0.15, -0.1) is 0 Å². The second-order valence-electron chi connectivity index (χ2n) is 9.74. The topological polar surface area (TPSA) is 20.3 Å². The quantitative estimate of drug-likeness (QED) is 0.189. The van der Waals surface area contributed by atoms with Crippen LogP contribution in [-0.2, 0) is 4.79 Å². The summed E-state index contributed by atoms with van der Waals surface area (Å²) in [5.41, 5.74) is 5.55. The summed E-state index contributed by atoms with van der Waals surface area (Å²) in [5, 5.41) is 0. The van der Waals surface area contributed by atoms with Crippen molar-refractivity contribution in [2.75, 3.05) is 39.3 Å². The minimum absolute atomic E-state index is 0.205. The first-order valence-corrected chi connectivity index (χ1v) is 12.5. The van der Waals surface area contributed by atoms with E-state index in [2.05, 4.69) is 66.7 Å². The molecular formula is C28H49N2O+. The van der Waals surface area contributed by atoms with Crippen LogP contribution >= 0.6 is 0 Å². The molecule has 0 aromatic heterocycles. The first-order chi connectivity index (χ1) is 14.7. The van der Waals surface area contributed by atoms with Gasteiger partial charge >= 0.3 is 0 Å². The summed E-state index contributed by atoms with van der Waals surface area (Å²) in [6.07, 6.45) is 15.5. The predicted molar refractivity (Wildman–Crippen MR) is 136 cm³/mol. The van der Waals surface area contributed by atoms with E-state index in [0.29, 0.717) is 0 Å². The zero-order valence-corrected chi connectivity index (χ0v) is 21.6. The van der Waals surface area contributed by atoms with E-state index in [9.17, 15) is 4.79 Å². The molecule has 0 aliphatic carbocycles. The number of nitrogens with zero attached hydrogens (tertiary/aromatic N) is 2. The third-order valence-corrected chi connectivity index (χ3v) is 6.87. The van der Waals surface area contributed by atoms with Gasteiger partial charge in [0, 0.05) is 6.08 Å². The summed E-state index contributed by atoms with van der Waals surface area (Å²) in [4.78, 5) is 14.7. The lowest BCUT2D eigenvalue weighted by atomic mass is 10.0. The van der Waals surface area contributed by atoms with Gasteiger partial charge in [-0.1, -0.05) is 40.5 Å². The van der Waals surface area contributed by atoms with Gasteiger partial charge in [0.05, 0.1) is 39.3 Å². The van der Waals surface area contributed by atoms with Crippen molar-refractivity contribution in [3.05, 3.63) is 46.6 Å². The van der Waals surface area contributed by atoms with Crippen molar-refractivity contribution in [1.82, 2.24) is 4.90 Å². The van der Waals surface area contributed by atoms with E-state index < -0.39 is 0 Å². The van der Waals surface area contributed by atoms with Gasteiger partial charge in [0.25, 0.3) is 0 Å². The van der Waals surface area contributed by atoms with Crippen LogP contribution in [0.2, 0.25) is 0 Å². The molecule has 1 rings (SSSR count). The van der Waals surface area contributed by atoms with E-state index in [1.165, 1.54) is 41.8 Å². The molecule has 3 nitrogen and oxygen atoms in total. The Morgan fingerprint density at radius 1 is 0.742 bits per heavy atom. The summed E-state index contributed by atoms with van der Waals surface area (Å²) >= 11 is 0. The highest BCUT2D eigenvalue weighted by Crippen LogP contribution is 2.16. The molecule has 1 aliphatic heterocycles. The Morgan fingerprint density at radius 3 is 1.65 bits per heavy atom. The normalized spacial score (nSPS) is 17.6. The van der Waals surface area contributed by atoms with Crippen LogP contribution in [0.25, 0.3) is 0 Å². The number of quaternary nitrogens is 1. The van der Waals surface area contributed by atoms with E-state index in [1.807, 2.05) is 11.0 Å². The molecule has 0 radical (unpaired) electrons. The number of carbonyl (C=O) groups excluding carboxylic acids is 1. The zero-order chi connectivity index (χ0) is 23.3. The van der Waals surface area contributed by atoms with Crippen molar-refractivity contribution in [3.8, 4) is 0 Å². The van der Waals surface area contributed by atoms with Crippen molar-refractivity contribution in [2.24, 2.45) is 0 Å². The van der Waals surface area contributed by atoms with Gasteiger partial charge in [-0.3, -0.25) is 4.79 Å². The Labute approximate surface area is 193 Å². The van der Waals surface area contributed by atoms with Crippen LogP contribution in [0.15, 0.2) is 46.6 Å². The van der Waals surface area contributed by atoms with E-state index in [-0.39, 0.29) is 5.91 Å². The average Bonchev–Trinajstić information content (AvgIpc) is 2.73. The van der Waals surface area contributed by atoms with Gasteiger partial charge in [-0.05, 0) is 87.0 Å². The minimum Gasteiger partial charge on any atom is -0.328 e. The van der Waals surface area contributed by atoms with Crippen LogP contribution < -0.4 is 0 Å². The van der Waals surface area contributed by atoms with Gasteiger partial charge in [0.1, 0.15) is 0 Å². The van der Waals surface area contributed by atoms with E-state index in [0.717, 1.165) is 62.8 Å². The number of hydrogen-bond donors (Lipinski definition) is 0. The summed E-state index contributed by atoms with van der Waals surface area (Å²) in [7, 11) is 0. The average molecular weight is 430 g/mol. The maximum absolute atomic E-state index is 12.6. The standard InChI is InChI=1S/C28H49N2O/c1-8-30(9-2)21-19-29(20-22-30)28(31)23-27(7)18-12-17-26(6)16-11-15-25(5)14-10-13-24(3)4/h13,15,17,23H,8-12,14,16,18-22H2,1-7H3/q+1. The van der Waals surface area contributed by atoms with Crippen molar-refractivity contribution in [2.45, 2.75) is 87.0 Å². The number of piperazine rings is 1. The molecule has 0 aromatic rings. The highest BCUT2D eigenvalue weighted by molar-refractivity contribution is 5.88. The van der Waals surface area contributed by atoms with Crippen LogP contribution in [0.5, 0.6) is 0 Å². The smallest absolute Gasteiger partial charge is 0.246 e. The SMILES string of the molecule is CC[N+]1(CC)CCN(C(=O)C=C(C)CCC=C(C)CCC=C(C)CCC=C(C)C)CC1. The molecule has 0 aromatic carbocycles. The molecule has 0 unspecified atom stereocenters. The molecule has 1 aliphatic rings. The molecule has 31 heavy (non-hydrogen) atoms. The van der Waals surface area contributed by atoms with Crippen molar-refractivity contribution in [1.29, 1.82) is 0 Å². The maximum Gasteiger partial charge on any atom is 0.246 e. The molecule has 1 saturated heterocycles. The fourth-order valence-corrected chi connectivity index (χ4v) is 4.23. The Balaban J connectivity index is 2.35. The summed E-state index contributed by atoms with van der Waals surface area (Å²) in [6.45, 7) is 21.8. The molecule has 176 valence electrons. The number of rotatable bonds is 12. The van der Waals surface area contributed by atoms with Crippen LogP contribution in [0.3, 0.4) is 0 Å². The molecule has 0 saturated carbocycles. The predicted octanol–water partition coefficient (Wildman–Crippen LogP) is 6.83. The molecule has 1 heterocycles. The van der Waals surface area contributed by atoms with E-state index in [1.54, 1.807) is 0 Å². The Bertz CT molecular complexity index is 663. The number of carbonyl (C=O) groups is 1. The van der Waals surface area contributed by atoms with Crippen LogP contribution in [0, 0.1) is 0 Å². The highest BCUT2D eigenvalue weighted by atomic mass is 16.2. The lowest BCUT2D eigenvalue weighted by Crippen LogP contribution is -2.60. The van der Waals surface area contributed by atoms with Crippen molar-refractivity contribution < 1.29 is 9.28 Å². The lowest BCUT2D eigenvalue weighted by Gasteiger charge is -2.43. The monoisotopic (exact) mass is 429 g/mol. The van der Waals surface area contributed by atoms with Crippen LogP contribution in [-0.4, -0.2) is 54.6 Å². The molecule has 1 amide bonds. The third-order valence-electron chi connectivity index (χ3n) is 6.87. The molecule has 0 N–H and O–H groups in total. The fourth-order valence-electron chi connectivity index (χ4n) is 4.23. The maximum atomic E-state index is 12.6.